The van der Waals surface area contributed by atoms with Crippen molar-refractivity contribution >= 4 is 23.2 Å². The first-order chi connectivity index (χ1) is 9.52. The quantitative estimate of drug-likeness (QED) is 0.944. The minimum atomic E-state index is 0.0992. The van der Waals surface area contributed by atoms with Crippen LogP contribution in [0, 0.1) is 6.92 Å². The predicted octanol–water partition coefficient (Wildman–Crippen LogP) is 3.12. The standard InChI is InChI=1S/C15H17Cl2N3/c1-10-13(14(17)20(2)19-10)7-15(8-18-9-15)11-3-5-12(16)6-4-11/h3-6,18H,7-9H2,1-2H3. The maximum atomic E-state index is 6.37. The molecule has 0 unspecified atom stereocenters. The van der Waals surface area contributed by atoms with Gasteiger partial charge in [0.2, 0.25) is 0 Å². The summed E-state index contributed by atoms with van der Waals surface area (Å²) in [6.45, 7) is 3.93. The Balaban J connectivity index is 1.96. The van der Waals surface area contributed by atoms with Crippen molar-refractivity contribution in [2.45, 2.75) is 18.8 Å². The monoisotopic (exact) mass is 309 g/mol. The summed E-state index contributed by atoms with van der Waals surface area (Å²) >= 11 is 12.4. The van der Waals surface area contributed by atoms with Gasteiger partial charge in [0, 0.05) is 36.1 Å². The maximum absolute atomic E-state index is 6.37. The van der Waals surface area contributed by atoms with E-state index in [2.05, 4.69) is 22.5 Å². The Labute approximate surface area is 128 Å². The van der Waals surface area contributed by atoms with E-state index in [0.29, 0.717) is 0 Å². The van der Waals surface area contributed by atoms with Crippen molar-refractivity contribution in [1.29, 1.82) is 0 Å². The zero-order chi connectivity index (χ0) is 14.3. The molecule has 2 heterocycles. The van der Waals surface area contributed by atoms with E-state index in [1.165, 1.54) is 5.56 Å². The molecule has 1 aliphatic heterocycles. The van der Waals surface area contributed by atoms with E-state index in [1.807, 2.05) is 26.1 Å². The van der Waals surface area contributed by atoms with E-state index >= 15 is 0 Å². The third kappa shape index (κ3) is 2.24. The lowest BCUT2D eigenvalue weighted by molar-refractivity contribution is 0.274. The van der Waals surface area contributed by atoms with Crippen LogP contribution in [0.3, 0.4) is 0 Å². The van der Waals surface area contributed by atoms with Crippen molar-refractivity contribution in [1.82, 2.24) is 15.1 Å². The van der Waals surface area contributed by atoms with Gasteiger partial charge in [0.15, 0.2) is 0 Å². The molecule has 106 valence electrons. The number of hydrogen-bond donors (Lipinski definition) is 1. The van der Waals surface area contributed by atoms with Crippen LogP contribution in [0.4, 0.5) is 0 Å². The second kappa shape index (κ2) is 5.06. The lowest BCUT2D eigenvalue weighted by Crippen LogP contribution is -2.58. The van der Waals surface area contributed by atoms with Crippen molar-refractivity contribution in [3.8, 4) is 0 Å². The van der Waals surface area contributed by atoms with Gasteiger partial charge in [-0.15, -0.1) is 0 Å². The molecule has 0 aliphatic carbocycles. The molecule has 3 rings (SSSR count). The maximum Gasteiger partial charge on any atom is 0.130 e. The highest BCUT2D eigenvalue weighted by atomic mass is 35.5. The van der Waals surface area contributed by atoms with Crippen LogP contribution in [-0.2, 0) is 18.9 Å². The van der Waals surface area contributed by atoms with Crippen LogP contribution in [0.1, 0.15) is 16.8 Å². The first-order valence-corrected chi connectivity index (χ1v) is 7.42. The van der Waals surface area contributed by atoms with Crippen LogP contribution in [0.5, 0.6) is 0 Å². The molecule has 3 nitrogen and oxygen atoms in total. The molecule has 1 aromatic heterocycles. The summed E-state index contributed by atoms with van der Waals surface area (Å²) in [7, 11) is 1.88. The van der Waals surface area contributed by atoms with Gasteiger partial charge in [-0.1, -0.05) is 35.3 Å². The smallest absolute Gasteiger partial charge is 0.130 e. The average Bonchev–Trinajstić information content (AvgIpc) is 2.61. The highest BCUT2D eigenvalue weighted by Crippen LogP contribution is 2.35. The highest BCUT2D eigenvalue weighted by molar-refractivity contribution is 6.30. The van der Waals surface area contributed by atoms with Crippen LogP contribution in [0.15, 0.2) is 24.3 Å². The molecule has 1 fully saturated rings. The van der Waals surface area contributed by atoms with Crippen molar-refractivity contribution in [3.63, 3.8) is 0 Å². The fourth-order valence-electron chi connectivity index (χ4n) is 2.87. The van der Waals surface area contributed by atoms with Gasteiger partial charge in [-0.3, -0.25) is 4.68 Å². The molecular weight excluding hydrogens is 293 g/mol. The molecule has 1 aromatic carbocycles. The second-order valence-electron chi connectivity index (χ2n) is 5.55. The number of nitrogens with zero attached hydrogens (tertiary/aromatic N) is 2. The number of rotatable bonds is 3. The zero-order valence-corrected chi connectivity index (χ0v) is 13.1. The van der Waals surface area contributed by atoms with Gasteiger partial charge in [0.25, 0.3) is 0 Å². The molecule has 2 aromatic rings. The Hall–Kier alpha value is -1.03. The normalized spacial score (nSPS) is 17.0. The van der Waals surface area contributed by atoms with Crippen LogP contribution in [0.2, 0.25) is 10.2 Å². The fraction of sp³-hybridized carbons (Fsp3) is 0.400. The summed E-state index contributed by atoms with van der Waals surface area (Å²) in [5.74, 6) is 0. The number of aryl methyl sites for hydroxylation is 2. The number of aromatic nitrogens is 2. The van der Waals surface area contributed by atoms with Gasteiger partial charge in [-0.05, 0) is 31.0 Å². The summed E-state index contributed by atoms with van der Waals surface area (Å²) in [5, 5.41) is 9.29. The van der Waals surface area contributed by atoms with E-state index in [-0.39, 0.29) is 5.41 Å². The summed E-state index contributed by atoms with van der Waals surface area (Å²) in [5.41, 5.74) is 3.56. The number of halogens is 2. The van der Waals surface area contributed by atoms with Crippen molar-refractivity contribution in [3.05, 3.63) is 51.3 Å². The Morgan fingerprint density at radius 1 is 1.25 bits per heavy atom. The van der Waals surface area contributed by atoms with Gasteiger partial charge in [0.1, 0.15) is 5.15 Å². The minimum Gasteiger partial charge on any atom is -0.315 e. The van der Waals surface area contributed by atoms with Crippen LogP contribution < -0.4 is 5.32 Å². The van der Waals surface area contributed by atoms with Crippen molar-refractivity contribution < 1.29 is 0 Å². The first kappa shape index (κ1) is 13.9. The molecule has 1 aliphatic rings. The molecule has 0 radical (unpaired) electrons. The van der Waals surface area contributed by atoms with Crippen LogP contribution >= 0.6 is 23.2 Å². The van der Waals surface area contributed by atoms with Gasteiger partial charge in [-0.25, -0.2) is 0 Å². The zero-order valence-electron chi connectivity index (χ0n) is 11.6. The minimum absolute atomic E-state index is 0.0992. The van der Waals surface area contributed by atoms with E-state index in [9.17, 15) is 0 Å². The third-order valence-electron chi connectivity index (χ3n) is 4.17. The lowest BCUT2D eigenvalue weighted by atomic mass is 9.71. The Bertz CT molecular complexity index is 627. The molecule has 20 heavy (non-hydrogen) atoms. The highest BCUT2D eigenvalue weighted by Gasteiger charge is 2.40. The SMILES string of the molecule is Cc1nn(C)c(Cl)c1CC1(c2ccc(Cl)cc2)CNC1. The van der Waals surface area contributed by atoms with Crippen LogP contribution in [0.25, 0.3) is 0 Å². The molecule has 0 amide bonds. The van der Waals surface area contributed by atoms with Gasteiger partial charge < -0.3 is 5.32 Å². The second-order valence-corrected chi connectivity index (χ2v) is 6.34. The molecule has 0 bridgehead atoms. The third-order valence-corrected chi connectivity index (χ3v) is 4.89. The Morgan fingerprint density at radius 2 is 1.90 bits per heavy atom. The van der Waals surface area contributed by atoms with Gasteiger partial charge >= 0.3 is 0 Å². The largest absolute Gasteiger partial charge is 0.315 e. The predicted molar refractivity (Wildman–Crippen MR) is 82.7 cm³/mol. The molecule has 0 spiro atoms. The van der Waals surface area contributed by atoms with E-state index in [4.69, 9.17) is 23.2 Å². The van der Waals surface area contributed by atoms with Gasteiger partial charge in [-0.2, -0.15) is 5.10 Å². The molecule has 1 saturated heterocycles. The topological polar surface area (TPSA) is 29.9 Å². The lowest BCUT2D eigenvalue weighted by Gasteiger charge is -2.43. The Morgan fingerprint density at radius 3 is 2.35 bits per heavy atom. The average molecular weight is 310 g/mol. The fourth-order valence-corrected chi connectivity index (χ4v) is 3.24. The molecule has 1 N–H and O–H groups in total. The number of benzene rings is 1. The van der Waals surface area contributed by atoms with Crippen LogP contribution in [-0.4, -0.2) is 22.9 Å². The number of hydrogen-bond acceptors (Lipinski definition) is 2. The molecule has 0 atom stereocenters. The molecule has 0 saturated carbocycles. The van der Waals surface area contributed by atoms with E-state index < -0.39 is 0 Å². The summed E-state index contributed by atoms with van der Waals surface area (Å²) in [6, 6.07) is 8.13. The number of nitrogens with one attached hydrogen (secondary N) is 1. The molecule has 5 heteroatoms. The first-order valence-electron chi connectivity index (χ1n) is 6.67. The van der Waals surface area contributed by atoms with Crippen molar-refractivity contribution in [2.24, 2.45) is 7.05 Å². The van der Waals surface area contributed by atoms with Gasteiger partial charge in [0.05, 0.1) is 5.69 Å². The summed E-state index contributed by atoms with van der Waals surface area (Å²) in [4.78, 5) is 0. The van der Waals surface area contributed by atoms with E-state index in [0.717, 1.165) is 40.9 Å². The molecular formula is C15H17Cl2N3. The van der Waals surface area contributed by atoms with E-state index in [1.54, 1.807) is 4.68 Å². The summed E-state index contributed by atoms with van der Waals surface area (Å²) in [6.07, 6.45) is 0.903. The summed E-state index contributed by atoms with van der Waals surface area (Å²) < 4.78 is 1.74. The van der Waals surface area contributed by atoms with Crippen molar-refractivity contribution in [2.75, 3.05) is 13.1 Å². The Kier molecular flexibility index (Phi) is 3.53.